The number of aromatic nitrogens is 2. The van der Waals surface area contributed by atoms with Gasteiger partial charge in [-0.25, -0.2) is 9.97 Å². The van der Waals surface area contributed by atoms with Crippen molar-refractivity contribution in [3.8, 4) is 6.01 Å². The Morgan fingerprint density at radius 1 is 1.29 bits per heavy atom. The van der Waals surface area contributed by atoms with Crippen LogP contribution >= 0.6 is 0 Å². The van der Waals surface area contributed by atoms with E-state index in [0.29, 0.717) is 18.5 Å². The molecule has 0 amide bonds. The fraction of sp³-hybridized carbons (Fsp3) is 0.600. The molecule has 0 atom stereocenters. The lowest BCUT2D eigenvalue weighted by molar-refractivity contribution is 0.0482. The minimum Gasteiger partial charge on any atom is -0.463 e. The Morgan fingerprint density at radius 2 is 2.00 bits per heavy atom. The van der Waals surface area contributed by atoms with Gasteiger partial charge in [0.05, 0.1) is 6.61 Å². The first-order valence-electron chi connectivity index (χ1n) is 4.93. The van der Waals surface area contributed by atoms with E-state index in [0.717, 1.165) is 26.1 Å². The van der Waals surface area contributed by atoms with Crippen LogP contribution in [0, 0.1) is 5.92 Å². The van der Waals surface area contributed by atoms with Crippen molar-refractivity contribution in [1.82, 2.24) is 9.97 Å². The third-order valence-corrected chi connectivity index (χ3v) is 2.33. The van der Waals surface area contributed by atoms with Gasteiger partial charge in [-0.15, -0.1) is 0 Å². The lowest BCUT2D eigenvalue weighted by Crippen LogP contribution is -2.21. The van der Waals surface area contributed by atoms with Crippen LogP contribution in [0.4, 0.5) is 0 Å². The standard InChI is InChI=1S/C10H14N2O2/c1-4-11-10(12-5-1)14-8-9-2-6-13-7-3-9/h1,4-5,9H,2-3,6-8H2. The first-order valence-corrected chi connectivity index (χ1v) is 4.93. The van der Waals surface area contributed by atoms with Gasteiger partial charge in [0.1, 0.15) is 0 Å². The summed E-state index contributed by atoms with van der Waals surface area (Å²) in [6.07, 6.45) is 5.53. The topological polar surface area (TPSA) is 44.2 Å². The van der Waals surface area contributed by atoms with E-state index in [-0.39, 0.29) is 0 Å². The lowest BCUT2D eigenvalue weighted by atomic mass is 10.0. The van der Waals surface area contributed by atoms with Crippen LogP contribution in [-0.4, -0.2) is 29.8 Å². The summed E-state index contributed by atoms with van der Waals surface area (Å²) in [5.74, 6) is 0.590. The minimum absolute atomic E-state index is 0.471. The number of hydrogen-bond acceptors (Lipinski definition) is 4. The first kappa shape index (κ1) is 9.40. The highest BCUT2D eigenvalue weighted by Crippen LogP contribution is 2.15. The van der Waals surface area contributed by atoms with Crippen molar-refractivity contribution in [3.63, 3.8) is 0 Å². The van der Waals surface area contributed by atoms with Gasteiger partial charge >= 0.3 is 6.01 Å². The van der Waals surface area contributed by atoms with Crippen molar-refractivity contribution in [3.05, 3.63) is 18.5 Å². The van der Waals surface area contributed by atoms with Gasteiger partial charge < -0.3 is 9.47 Å². The highest BCUT2D eigenvalue weighted by molar-refractivity contribution is 4.93. The second kappa shape index (κ2) is 4.91. The largest absolute Gasteiger partial charge is 0.463 e. The Bertz CT molecular complexity index is 260. The van der Waals surface area contributed by atoms with Crippen LogP contribution in [0.3, 0.4) is 0 Å². The molecule has 0 bridgehead atoms. The van der Waals surface area contributed by atoms with Crippen molar-refractivity contribution in [1.29, 1.82) is 0 Å². The smallest absolute Gasteiger partial charge is 0.316 e. The van der Waals surface area contributed by atoms with Crippen molar-refractivity contribution in [2.24, 2.45) is 5.92 Å². The average Bonchev–Trinajstić information content (AvgIpc) is 2.29. The molecule has 0 aromatic carbocycles. The Balaban J connectivity index is 1.76. The molecular weight excluding hydrogens is 180 g/mol. The molecule has 76 valence electrons. The van der Waals surface area contributed by atoms with Crippen LogP contribution in [-0.2, 0) is 4.74 Å². The van der Waals surface area contributed by atoms with E-state index in [1.54, 1.807) is 18.5 Å². The first-order chi connectivity index (χ1) is 6.95. The fourth-order valence-electron chi connectivity index (χ4n) is 1.47. The summed E-state index contributed by atoms with van der Waals surface area (Å²) in [5.41, 5.74) is 0. The fourth-order valence-corrected chi connectivity index (χ4v) is 1.47. The minimum atomic E-state index is 0.471. The zero-order valence-corrected chi connectivity index (χ0v) is 8.06. The van der Waals surface area contributed by atoms with Gasteiger partial charge in [0.2, 0.25) is 0 Å². The van der Waals surface area contributed by atoms with Gasteiger partial charge in [-0.3, -0.25) is 0 Å². The van der Waals surface area contributed by atoms with E-state index in [4.69, 9.17) is 9.47 Å². The molecule has 2 heterocycles. The lowest BCUT2D eigenvalue weighted by Gasteiger charge is -2.21. The molecule has 2 rings (SSSR count). The summed E-state index contributed by atoms with van der Waals surface area (Å²) in [6.45, 7) is 2.40. The number of nitrogens with zero attached hydrogens (tertiary/aromatic N) is 2. The van der Waals surface area contributed by atoms with Gasteiger partial charge in [0, 0.05) is 25.6 Å². The molecule has 1 aromatic rings. The maximum absolute atomic E-state index is 5.47. The van der Waals surface area contributed by atoms with E-state index in [2.05, 4.69) is 9.97 Å². The summed E-state index contributed by atoms with van der Waals surface area (Å²) < 4.78 is 10.7. The molecule has 14 heavy (non-hydrogen) atoms. The highest BCUT2D eigenvalue weighted by Gasteiger charge is 2.14. The predicted octanol–water partition coefficient (Wildman–Crippen LogP) is 1.28. The van der Waals surface area contributed by atoms with E-state index in [1.807, 2.05) is 0 Å². The van der Waals surface area contributed by atoms with Gasteiger partial charge in [-0.1, -0.05) is 0 Å². The summed E-state index contributed by atoms with van der Waals surface area (Å²) >= 11 is 0. The molecule has 4 nitrogen and oxygen atoms in total. The molecule has 1 saturated heterocycles. The van der Waals surface area contributed by atoms with Gasteiger partial charge in [-0.2, -0.15) is 0 Å². The Kier molecular flexibility index (Phi) is 3.29. The van der Waals surface area contributed by atoms with Crippen LogP contribution < -0.4 is 4.74 Å². The van der Waals surface area contributed by atoms with Crippen LogP contribution in [0.25, 0.3) is 0 Å². The zero-order chi connectivity index (χ0) is 9.64. The summed E-state index contributed by atoms with van der Waals surface area (Å²) in [5, 5.41) is 0. The molecule has 0 saturated carbocycles. The van der Waals surface area contributed by atoms with Gasteiger partial charge in [0.25, 0.3) is 0 Å². The van der Waals surface area contributed by atoms with Crippen molar-refractivity contribution in [2.75, 3.05) is 19.8 Å². The van der Waals surface area contributed by atoms with Crippen LogP contribution in [0.2, 0.25) is 0 Å². The number of hydrogen-bond donors (Lipinski definition) is 0. The van der Waals surface area contributed by atoms with Crippen molar-refractivity contribution >= 4 is 0 Å². The quantitative estimate of drug-likeness (QED) is 0.727. The van der Waals surface area contributed by atoms with Gasteiger partial charge in [-0.05, 0) is 24.8 Å². The molecular formula is C10H14N2O2. The summed E-state index contributed by atoms with van der Waals surface area (Å²) in [4.78, 5) is 8.00. The molecule has 1 aromatic heterocycles. The van der Waals surface area contributed by atoms with E-state index < -0.39 is 0 Å². The average molecular weight is 194 g/mol. The van der Waals surface area contributed by atoms with Crippen LogP contribution in [0.5, 0.6) is 6.01 Å². The Labute approximate surface area is 83.3 Å². The molecule has 1 aliphatic rings. The molecule has 0 unspecified atom stereocenters. The maximum atomic E-state index is 5.47. The van der Waals surface area contributed by atoms with E-state index in [1.165, 1.54) is 0 Å². The van der Waals surface area contributed by atoms with Crippen LogP contribution in [0.15, 0.2) is 18.5 Å². The zero-order valence-electron chi connectivity index (χ0n) is 8.06. The third kappa shape index (κ3) is 2.67. The number of rotatable bonds is 3. The maximum Gasteiger partial charge on any atom is 0.316 e. The number of ether oxygens (including phenoxy) is 2. The normalized spacial score (nSPS) is 18.0. The van der Waals surface area contributed by atoms with E-state index >= 15 is 0 Å². The monoisotopic (exact) mass is 194 g/mol. The second-order valence-corrected chi connectivity index (χ2v) is 3.40. The molecule has 1 fully saturated rings. The molecule has 4 heteroatoms. The molecule has 1 aliphatic heterocycles. The SMILES string of the molecule is c1cnc(OCC2CCOCC2)nc1. The predicted molar refractivity (Wildman–Crippen MR) is 51.1 cm³/mol. The molecule has 0 spiro atoms. The molecule has 0 radical (unpaired) electrons. The highest BCUT2D eigenvalue weighted by atomic mass is 16.5. The van der Waals surface area contributed by atoms with Crippen LogP contribution in [0.1, 0.15) is 12.8 Å². The summed E-state index contributed by atoms with van der Waals surface area (Å²) in [6, 6.07) is 2.25. The summed E-state index contributed by atoms with van der Waals surface area (Å²) in [7, 11) is 0. The Hall–Kier alpha value is -1.16. The Morgan fingerprint density at radius 3 is 2.71 bits per heavy atom. The van der Waals surface area contributed by atoms with Crippen molar-refractivity contribution < 1.29 is 9.47 Å². The third-order valence-electron chi connectivity index (χ3n) is 2.33. The van der Waals surface area contributed by atoms with E-state index in [9.17, 15) is 0 Å². The molecule has 0 aliphatic carbocycles. The second-order valence-electron chi connectivity index (χ2n) is 3.40. The van der Waals surface area contributed by atoms with Crippen molar-refractivity contribution in [2.45, 2.75) is 12.8 Å². The molecule has 0 N–H and O–H groups in total. The van der Waals surface area contributed by atoms with Gasteiger partial charge in [0.15, 0.2) is 0 Å².